The third-order valence-electron chi connectivity index (χ3n) is 3.16. The highest BCUT2D eigenvalue weighted by atomic mass is 79.9. The lowest BCUT2D eigenvalue weighted by molar-refractivity contribution is -0.384. The van der Waals surface area contributed by atoms with E-state index in [1.54, 1.807) is 0 Å². The minimum absolute atomic E-state index is 0.215. The van der Waals surface area contributed by atoms with E-state index in [9.17, 15) is 14.5 Å². The van der Waals surface area contributed by atoms with Gasteiger partial charge in [-0.3, -0.25) is 10.1 Å². The molecule has 7 heteroatoms. The van der Waals surface area contributed by atoms with Gasteiger partial charge in [-0.15, -0.1) is 0 Å². The van der Waals surface area contributed by atoms with E-state index in [0.717, 1.165) is 32.1 Å². The molecular weight excluding hydrogens is 319 g/mol. The Bertz CT molecular complexity index is 478. The van der Waals surface area contributed by atoms with Gasteiger partial charge < -0.3 is 10.1 Å². The smallest absolute Gasteiger partial charge is 0.295 e. The Balaban J connectivity index is 2.09. The van der Waals surface area contributed by atoms with Gasteiger partial charge in [0.15, 0.2) is 0 Å². The Morgan fingerprint density at radius 2 is 2.16 bits per heavy atom. The second-order valence-corrected chi connectivity index (χ2v) is 5.33. The van der Waals surface area contributed by atoms with Crippen molar-refractivity contribution < 1.29 is 14.1 Å². The predicted molar refractivity (Wildman–Crippen MR) is 72.8 cm³/mol. The fraction of sp³-hybridized carbons (Fsp3) is 0.500. The first-order valence-corrected chi connectivity index (χ1v) is 6.82. The lowest BCUT2D eigenvalue weighted by atomic mass is 10.0. The van der Waals surface area contributed by atoms with Crippen LogP contribution in [0.2, 0.25) is 0 Å². The van der Waals surface area contributed by atoms with Gasteiger partial charge in [0.05, 0.1) is 15.5 Å². The molecule has 1 saturated heterocycles. The van der Waals surface area contributed by atoms with Crippen LogP contribution in [0.1, 0.15) is 12.8 Å². The number of benzene rings is 1. The minimum atomic E-state index is -0.636. The van der Waals surface area contributed by atoms with Crippen LogP contribution in [-0.4, -0.2) is 24.7 Å². The van der Waals surface area contributed by atoms with E-state index >= 15 is 0 Å². The summed E-state index contributed by atoms with van der Waals surface area (Å²) in [4.78, 5) is 10.3. The number of nitro benzene ring substituents is 1. The van der Waals surface area contributed by atoms with Crippen LogP contribution in [0.25, 0.3) is 0 Å². The molecule has 1 aliphatic rings. The number of nitro groups is 1. The molecule has 19 heavy (non-hydrogen) atoms. The van der Waals surface area contributed by atoms with Gasteiger partial charge in [-0.05, 0) is 40.8 Å². The molecule has 0 radical (unpaired) electrons. The summed E-state index contributed by atoms with van der Waals surface area (Å²) < 4.78 is 18.8. The van der Waals surface area contributed by atoms with Crippen LogP contribution >= 0.6 is 15.9 Å². The van der Waals surface area contributed by atoms with Gasteiger partial charge in [0.25, 0.3) is 5.69 Å². The molecule has 0 unspecified atom stereocenters. The lowest BCUT2D eigenvalue weighted by Crippen LogP contribution is -2.22. The number of hydrogen-bond donors (Lipinski definition) is 1. The third kappa shape index (κ3) is 3.63. The van der Waals surface area contributed by atoms with E-state index in [-0.39, 0.29) is 10.2 Å². The molecule has 1 aromatic carbocycles. The number of hydrogen-bond acceptors (Lipinski definition) is 4. The quantitative estimate of drug-likeness (QED) is 0.678. The number of ether oxygens (including phenoxy) is 1. The Labute approximate surface area is 118 Å². The number of anilines is 1. The number of rotatable bonds is 4. The van der Waals surface area contributed by atoms with Gasteiger partial charge in [-0.1, -0.05) is 0 Å². The van der Waals surface area contributed by atoms with E-state index in [2.05, 4.69) is 21.2 Å². The van der Waals surface area contributed by atoms with Gasteiger partial charge >= 0.3 is 0 Å². The molecule has 0 amide bonds. The van der Waals surface area contributed by atoms with Gasteiger partial charge in [0.1, 0.15) is 11.5 Å². The summed E-state index contributed by atoms with van der Waals surface area (Å²) in [7, 11) is 0. The van der Waals surface area contributed by atoms with Crippen molar-refractivity contribution in [2.75, 3.05) is 25.1 Å². The monoisotopic (exact) mass is 332 g/mol. The van der Waals surface area contributed by atoms with Crippen LogP contribution in [0.5, 0.6) is 0 Å². The molecule has 1 aliphatic heterocycles. The van der Waals surface area contributed by atoms with Crippen LogP contribution in [0, 0.1) is 21.8 Å². The summed E-state index contributed by atoms with van der Waals surface area (Å²) in [6, 6.07) is 2.34. The van der Waals surface area contributed by atoms with Gasteiger partial charge in [-0.2, -0.15) is 0 Å². The summed E-state index contributed by atoms with van der Waals surface area (Å²) in [5, 5.41) is 13.9. The summed E-state index contributed by atoms with van der Waals surface area (Å²) in [5.74, 6) is -0.208. The van der Waals surface area contributed by atoms with Crippen molar-refractivity contribution in [2.24, 2.45) is 5.92 Å². The Morgan fingerprint density at radius 3 is 2.79 bits per heavy atom. The van der Waals surface area contributed by atoms with E-state index in [0.29, 0.717) is 18.2 Å². The summed E-state index contributed by atoms with van der Waals surface area (Å²) in [6.45, 7) is 2.07. The third-order valence-corrected chi connectivity index (χ3v) is 3.77. The van der Waals surface area contributed by atoms with Crippen molar-refractivity contribution in [2.45, 2.75) is 12.8 Å². The summed E-state index contributed by atoms with van der Waals surface area (Å²) in [5.41, 5.74) is 0.0949. The van der Waals surface area contributed by atoms with Crippen LogP contribution in [0.3, 0.4) is 0 Å². The van der Waals surface area contributed by atoms with Crippen LogP contribution in [0.15, 0.2) is 16.6 Å². The molecular formula is C12H14BrFN2O3. The SMILES string of the molecule is O=[N+]([O-])c1cc(F)c(Br)cc1NCC1CCOCC1. The van der Waals surface area contributed by atoms with E-state index in [1.165, 1.54) is 6.07 Å². The van der Waals surface area contributed by atoms with Gasteiger partial charge in [-0.25, -0.2) is 4.39 Å². The maximum atomic E-state index is 13.3. The minimum Gasteiger partial charge on any atom is -0.381 e. The normalized spacial score (nSPS) is 16.3. The van der Waals surface area contributed by atoms with Crippen LogP contribution in [-0.2, 0) is 4.74 Å². The topological polar surface area (TPSA) is 64.4 Å². The largest absolute Gasteiger partial charge is 0.381 e. The van der Waals surface area contributed by atoms with E-state index < -0.39 is 10.7 Å². The highest BCUT2D eigenvalue weighted by molar-refractivity contribution is 9.10. The Kier molecular flexibility index (Phi) is 4.71. The highest BCUT2D eigenvalue weighted by Gasteiger charge is 2.19. The summed E-state index contributed by atoms with van der Waals surface area (Å²) >= 11 is 3.04. The first-order valence-electron chi connectivity index (χ1n) is 6.03. The zero-order valence-electron chi connectivity index (χ0n) is 10.2. The molecule has 1 fully saturated rings. The number of halogens is 2. The highest BCUT2D eigenvalue weighted by Crippen LogP contribution is 2.31. The Hall–Kier alpha value is -1.21. The first kappa shape index (κ1) is 14.2. The second-order valence-electron chi connectivity index (χ2n) is 4.48. The summed E-state index contributed by atoms with van der Waals surface area (Å²) in [6.07, 6.45) is 1.87. The number of nitrogens with zero attached hydrogens (tertiary/aromatic N) is 1. The molecule has 1 aromatic rings. The zero-order valence-corrected chi connectivity index (χ0v) is 11.8. The van der Waals surface area contributed by atoms with Crippen molar-refractivity contribution in [3.05, 3.63) is 32.5 Å². The van der Waals surface area contributed by atoms with E-state index in [1.807, 2.05) is 0 Å². The van der Waals surface area contributed by atoms with Gasteiger partial charge in [0.2, 0.25) is 0 Å². The van der Waals surface area contributed by atoms with Gasteiger partial charge in [0, 0.05) is 19.8 Å². The zero-order chi connectivity index (χ0) is 13.8. The number of nitrogens with one attached hydrogen (secondary N) is 1. The average molecular weight is 333 g/mol. The molecule has 0 spiro atoms. The second kappa shape index (κ2) is 6.29. The molecule has 104 valence electrons. The molecule has 0 aliphatic carbocycles. The molecule has 1 heterocycles. The Morgan fingerprint density at radius 1 is 1.47 bits per heavy atom. The van der Waals surface area contributed by atoms with Crippen molar-refractivity contribution in [1.29, 1.82) is 0 Å². The lowest BCUT2D eigenvalue weighted by Gasteiger charge is -2.22. The molecule has 5 nitrogen and oxygen atoms in total. The maximum absolute atomic E-state index is 13.3. The van der Waals surface area contributed by atoms with Crippen molar-refractivity contribution in [3.8, 4) is 0 Å². The molecule has 0 atom stereocenters. The molecule has 2 rings (SSSR count). The van der Waals surface area contributed by atoms with Crippen molar-refractivity contribution >= 4 is 27.3 Å². The van der Waals surface area contributed by atoms with Crippen LogP contribution < -0.4 is 5.32 Å². The predicted octanol–water partition coefficient (Wildman–Crippen LogP) is 3.33. The fourth-order valence-corrected chi connectivity index (χ4v) is 2.38. The molecule has 0 bridgehead atoms. The fourth-order valence-electron chi connectivity index (χ4n) is 2.03. The van der Waals surface area contributed by atoms with Crippen LogP contribution in [0.4, 0.5) is 15.8 Å². The van der Waals surface area contributed by atoms with E-state index in [4.69, 9.17) is 4.74 Å². The molecule has 1 N–H and O–H groups in total. The molecule has 0 aromatic heterocycles. The van der Waals surface area contributed by atoms with Crippen molar-refractivity contribution in [1.82, 2.24) is 0 Å². The average Bonchev–Trinajstić information content (AvgIpc) is 2.40. The molecule has 0 saturated carbocycles. The first-order chi connectivity index (χ1) is 9.08. The standard InChI is InChI=1S/C12H14BrFN2O3/c13-9-5-11(12(16(17)18)6-10(9)14)15-7-8-1-3-19-4-2-8/h5-6,8,15H,1-4,7H2. The maximum Gasteiger partial charge on any atom is 0.295 e. The van der Waals surface area contributed by atoms with Crippen molar-refractivity contribution in [3.63, 3.8) is 0 Å².